The number of hydrogen-bond acceptors (Lipinski definition) is 5. The van der Waals surface area contributed by atoms with Crippen LogP contribution < -0.4 is 0 Å². The molecule has 158 valence electrons. The quantitative estimate of drug-likeness (QED) is 0.765. The summed E-state index contributed by atoms with van der Waals surface area (Å²) < 4.78 is 5.40. The molecular formula is C22H30N2O5. The third kappa shape index (κ3) is 4.45. The number of imide groups is 1. The van der Waals surface area contributed by atoms with Crippen molar-refractivity contribution in [3.8, 4) is 0 Å². The molecule has 3 amide bonds. The maximum atomic E-state index is 13.0. The molecule has 7 heteroatoms. The fraction of sp³-hybridized carbons (Fsp3) is 0.591. The Kier molecular flexibility index (Phi) is 5.98. The van der Waals surface area contributed by atoms with Crippen LogP contribution in [0, 0.1) is 5.92 Å². The van der Waals surface area contributed by atoms with Crippen molar-refractivity contribution in [3.63, 3.8) is 0 Å². The highest BCUT2D eigenvalue weighted by atomic mass is 16.6. The Morgan fingerprint density at radius 3 is 2.17 bits per heavy atom. The van der Waals surface area contributed by atoms with Crippen LogP contribution in [0.4, 0.5) is 4.79 Å². The summed E-state index contributed by atoms with van der Waals surface area (Å²) in [4.78, 5) is 40.9. The second kappa shape index (κ2) is 8.14. The van der Waals surface area contributed by atoms with Gasteiger partial charge >= 0.3 is 6.09 Å². The Balaban J connectivity index is 1.87. The Labute approximate surface area is 171 Å². The Morgan fingerprint density at radius 2 is 1.69 bits per heavy atom. The van der Waals surface area contributed by atoms with E-state index in [0.717, 1.165) is 30.6 Å². The SMILES string of the molecule is CN(C[C@H]([C@@H](O)C1CCCC1)N1C(=O)c2ccccc2C1=O)C(=O)OC(C)(C)C. The molecule has 7 nitrogen and oxygen atoms in total. The first-order valence-electron chi connectivity index (χ1n) is 10.2. The summed E-state index contributed by atoms with van der Waals surface area (Å²) in [6.07, 6.45) is 2.26. The normalized spacial score (nSPS) is 19.3. The number of carbonyl (C=O) groups is 3. The van der Waals surface area contributed by atoms with Crippen LogP contribution in [0.3, 0.4) is 0 Å². The lowest BCUT2D eigenvalue weighted by Gasteiger charge is -2.36. The molecule has 1 aliphatic heterocycles. The first kappa shape index (κ1) is 21.3. The van der Waals surface area contributed by atoms with Crippen molar-refractivity contribution in [2.75, 3.05) is 13.6 Å². The molecule has 0 spiro atoms. The van der Waals surface area contributed by atoms with E-state index in [-0.39, 0.29) is 12.5 Å². The molecule has 1 fully saturated rings. The number of rotatable bonds is 5. The zero-order chi connectivity index (χ0) is 21.3. The van der Waals surface area contributed by atoms with Crippen LogP contribution in [0.2, 0.25) is 0 Å². The molecule has 2 aliphatic rings. The predicted molar refractivity (Wildman–Crippen MR) is 108 cm³/mol. The molecular weight excluding hydrogens is 372 g/mol. The smallest absolute Gasteiger partial charge is 0.410 e. The number of carbonyl (C=O) groups excluding carboxylic acids is 3. The Bertz CT molecular complexity index is 760. The summed E-state index contributed by atoms with van der Waals surface area (Å²) in [7, 11) is 1.56. The van der Waals surface area contributed by atoms with Gasteiger partial charge in [-0.05, 0) is 51.7 Å². The predicted octanol–water partition coefficient (Wildman–Crippen LogP) is 3.07. The molecule has 29 heavy (non-hydrogen) atoms. The van der Waals surface area contributed by atoms with E-state index in [1.165, 1.54) is 4.90 Å². The van der Waals surface area contributed by atoms with Crippen LogP contribution >= 0.6 is 0 Å². The number of aliphatic hydroxyl groups is 1. The van der Waals surface area contributed by atoms with Gasteiger partial charge in [-0.3, -0.25) is 14.5 Å². The molecule has 0 radical (unpaired) electrons. The third-order valence-electron chi connectivity index (χ3n) is 5.60. The van der Waals surface area contributed by atoms with Gasteiger partial charge in [0.25, 0.3) is 11.8 Å². The first-order valence-corrected chi connectivity index (χ1v) is 10.2. The van der Waals surface area contributed by atoms with Gasteiger partial charge in [0.1, 0.15) is 5.60 Å². The molecule has 1 aromatic rings. The van der Waals surface area contributed by atoms with Crippen LogP contribution in [0.25, 0.3) is 0 Å². The monoisotopic (exact) mass is 402 g/mol. The van der Waals surface area contributed by atoms with Gasteiger partial charge in [0.05, 0.1) is 23.3 Å². The fourth-order valence-electron chi connectivity index (χ4n) is 4.16. The Morgan fingerprint density at radius 1 is 1.17 bits per heavy atom. The molecule has 1 aliphatic carbocycles. The van der Waals surface area contributed by atoms with Gasteiger partial charge in [-0.15, -0.1) is 0 Å². The van der Waals surface area contributed by atoms with E-state index in [1.54, 1.807) is 52.1 Å². The van der Waals surface area contributed by atoms with Crippen LogP contribution in [0.5, 0.6) is 0 Å². The van der Waals surface area contributed by atoms with Crippen molar-refractivity contribution in [1.82, 2.24) is 9.80 Å². The summed E-state index contributed by atoms with van der Waals surface area (Å²) in [5, 5.41) is 11.1. The van der Waals surface area contributed by atoms with Crippen molar-refractivity contribution >= 4 is 17.9 Å². The number of amides is 3. The van der Waals surface area contributed by atoms with Gasteiger partial charge in [0, 0.05) is 13.6 Å². The first-order chi connectivity index (χ1) is 13.6. The van der Waals surface area contributed by atoms with E-state index in [4.69, 9.17) is 4.74 Å². The van der Waals surface area contributed by atoms with Crippen LogP contribution in [0.15, 0.2) is 24.3 Å². The van der Waals surface area contributed by atoms with Gasteiger partial charge < -0.3 is 14.7 Å². The molecule has 1 aromatic carbocycles. The molecule has 0 aromatic heterocycles. The lowest BCUT2D eigenvalue weighted by molar-refractivity contribution is -0.00452. The van der Waals surface area contributed by atoms with E-state index in [2.05, 4.69) is 0 Å². The van der Waals surface area contributed by atoms with Crippen molar-refractivity contribution in [3.05, 3.63) is 35.4 Å². The van der Waals surface area contributed by atoms with E-state index < -0.39 is 35.7 Å². The highest BCUT2D eigenvalue weighted by Gasteiger charge is 2.45. The number of aliphatic hydroxyl groups excluding tert-OH is 1. The zero-order valence-corrected chi connectivity index (χ0v) is 17.6. The van der Waals surface area contributed by atoms with E-state index >= 15 is 0 Å². The number of hydrogen-bond donors (Lipinski definition) is 1. The highest BCUT2D eigenvalue weighted by molar-refractivity contribution is 6.21. The zero-order valence-electron chi connectivity index (χ0n) is 17.6. The van der Waals surface area contributed by atoms with Crippen molar-refractivity contribution in [2.24, 2.45) is 5.92 Å². The average Bonchev–Trinajstić information content (AvgIpc) is 3.26. The summed E-state index contributed by atoms with van der Waals surface area (Å²) in [5.41, 5.74) is 0.00236. The summed E-state index contributed by atoms with van der Waals surface area (Å²) in [6, 6.07) is 5.83. The van der Waals surface area contributed by atoms with Crippen molar-refractivity contribution in [1.29, 1.82) is 0 Å². The number of fused-ring (bicyclic) bond motifs is 1. The number of likely N-dealkylation sites (N-methyl/N-ethyl adjacent to an activating group) is 1. The second-order valence-electron chi connectivity index (χ2n) is 8.99. The summed E-state index contributed by atoms with van der Waals surface area (Å²) in [5.74, 6) is -0.855. The number of ether oxygens (including phenoxy) is 1. The molecule has 0 unspecified atom stereocenters. The van der Waals surface area contributed by atoms with Crippen molar-refractivity contribution in [2.45, 2.75) is 64.2 Å². The fourth-order valence-corrected chi connectivity index (χ4v) is 4.16. The van der Waals surface area contributed by atoms with Gasteiger partial charge in [-0.1, -0.05) is 25.0 Å². The van der Waals surface area contributed by atoms with Gasteiger partial charge in [-0.2, -0.15) is 0 Å². The molecule has 0 bridgehead atoms. The standard InChI is InChI=1S/C22H30N2O5/c1-22(2,3)29-21(28)23(4)13-17(18(25)14-9-5-6-10-14)24-19(26)15-11-7-8-12-16(15)20(24)27/h7-8,11-12,14,17-18,25H,5-6,9-10,13H2,1-4H3/t17-,18+/m1/s1. The topological polar surface area (TPSA) is 87.2 Å². The maximum absolute atomic E-state index is 13.0. The summed E-state index contributed by atoms with van der Waals surface area (Å²) in [6.45, 7) is 5.33. The number of nitrogens with zero attached hydrogens (tertiary/aromatic N) is 2. The van der Waals surface area contributed by atoms with E-state index in [0.29, 0.717) is 11.1 Å². The van der Waals surface area contributed by atoms with Crippen LogP contribution in [0.1, 0.15) is 67.2 Å². The second-order valence-corrected chi connectivity index (χ2v) is 8.99. The molecule has 1 heterocycles. The van der Waals surface area contributed by atoms with Crippen LogP contribution in [-0.2, 0) is 4.74 Å². The minimum atomic E-state index is -0.899. The third-order valence-corrected chi connectivity index (χ3v) is 5.60. The molecule has 2 atom stereocenters. The maximum Gasteiger partial charge on any atom is 0.410 e. The lowest BCUT2D eigenvalue weighted by Crippen LogP contribution is -2.55. The molecule has 0 saturated heterocycles. The Hall–Kier alpha value is -2.41. The van der Waals surface area contributed by atoms with Gasteiger partial charge in [0.15, 0.2) is 0 Å². The number of benzene rings is 1. The largest absolute Gasteiger partial charge is 0.444 e. The van der Waals surface area contributed by atoms with Crippen LogP contribution in [-0.4, -0.2) is 64.2 Å². The highest BCUT2D eigenvalue weighted by Crippen LogP contribution is 2.33. The molecule has 1 N–H and O–H groups in total. The van der Waals surface area contributed by atoms with Gasteiger partial charge in [0.2, 0.25) is 0 Å². The van der Waals surface area contributed by atoms with Crippen molar-refractivity contribution < 1.29 is 24.2 Å². The molecule has 3 rings (SSSR count). The van der Waals surface area contributed by atoms with Gasteiger partial charge in [-0.25, -0.2) is 4.79 Å². The molecule has 1 saturated carbocycles. The summed E-state index contributed by atoms with van der Waals surface area (Å²) >= 11 is 0. The van der Waals surface area contributed by atoms with E-state index in [9.17, 15) is 19.5 Å². The minimum absolute atomic E-state index is 0.00338. The lowest BCUT2D eigenvalue weighted by atomic mass is 9.93. The average molecular weight is 402 g/mol. The van der Waals surface area contributed by atoms with E-state index in [1.807, 2.05) is 0 Å². The minimum Gasteiger partial charge on any atom is -0.444 e.